The third-order valence-electron chi connectivity index (χ3n) is 2.01. The number of phenols is 1. The molecule has 0 heterocycles. The molecule has 0 aliphatic carbocycles. The molecule has 1 unspecified atom stereocenters. The summed E-state index contributed by atoms with van der Waals surface area (Å²) in [5.41, 5.74) is 0.289. The van der Waals surface area contributed by atoms with Crippen molar-refractivity contribution >= 4 is 11.6 Å². The molecule has 1 aromatic carbocycles. The number of hydrogen-bond acceptors (Lipinski definition) is 2. The normalized spacial score (nSPS) is 12.1. The van der Waals surface area contributed by atoms with Crippen LogP contribution in [0.5, 0.6) is 5.75 Å². The highest BCUT2D eigenvalue weighted by Gasteiger charge is 2.15. The Labute approximate surface area is 86.5 Å². The van der Waals surface area contributed by atoms with E-state index in [1.165, 1.54) is 0 Å². The number of halogens is 2. The van der Waals surface area contributed by atoms with Crippen molar-refractivity contribution in [2.24, 2.45) is 0 Å². The Morgan fingerprint density at radius 2 is 2.29 bits per heavy atom. The Morgan fingerprint density at radius 3 is 2.79 bits per heavy atom. The van der Waals surface area contributed by atoms with Crippen molar-refractivity contribution < 1.29 is 9.50 Å². The molecular formula is C10H9ClFNO. The lowest BCUT2D eigenvalue weighted by Gasteiger charge is -2.09. The van der Waals surface area contributed by atoms with Crippen molar-refractivity contribution in [1.82, 2.24) is 0 Å². The van der Waals surface area contributed by atoms with E-state index in [2.05, 4.69) is 0 Å². The zero-order chi connectivity index (χ0) is 10.7. The molecule has 4 heteroatoms. The summed E-state index contributed by atoms with van der Waals surface area (Å²) in [5.74, 6) is -1.25. The van der Waals surface area contributed by atoms with Gasteiger partial charge in [0.2, 0.25) is 0 Å². The van der Waals surface area contributed by atoms with Crippen molar-refractivity contribution in [3.63, 3.8) is 0 Å². The highest BCUT2D eigenvalue weighted by Crippen LogP contribution is 2.31. The Hall–Kier alpha value is -1.27. The lowest BCUT2D eigenvalue weighted by atomic mass is 9.97. The first kappa shape index (κ1) is 10.8. The summed E-state index contributed by atoms with van der Waals surface area (Å²) < 4.78 is 13.0. The summed E-state index contributed by atoms with van der Waals surface area (Å²) in [6, 6.07) is 4.21. The Morgan fingerprint density at radius 1 is 1.64 bits per heavy atom. The van der Waals surface area contributed by atoms with Gasteiger partial charge >= 0.3 is 0 Å². The van der Waals surface area contributed by atoms with Gasteiger partial charge in [-0.15, -0.1) is 0 Å². The number of benzene rings is 1. The standard InChI is InChI=1S/C10H9ClFNO/c1-2-6(5-13)7-3-9(12)8(11)4-10(7)14/h3-4,6,14H,2H2,1H3. The average Bonchev–Trinajstić information content (AvgIpc) is 2.15. The number of nitriles is 1. The fraction of sp³-hybridized carbons (Fsp3) is 0.300. The second-order valence-electron chi connectivity index (χ2n) is 2.92. The summed E-state index contributed by atoms with van der Waals surface area (Å²) in [5, 5.41) is 18.1. The van der Waals surface area contributed by atoms with Crippen molar-refractivity contribution in [2.45, 2.75) is 19.3 Å². The van der Waals surface area contributed by atoms with Crippen LogP contribution < -0.4 is 0 Å². The maximum absolute atomic E-state index is 13.0. The molecule has 0 aliphatic rings. The van der Waals surface area contributed by atoms with E-state index in [0.29, 0.717) is 6.42 Å². The smallest absolute Gasteiger partial charge is 0.142 e. The third-order valence-corrected chi connectivity index (χ3v) is 2.30. The van der Waals surface area contributed by atoms with Gasteiger partial charge in [-0.1, -0.05) is 18.5 Å². The van der Waals surface area contributed by atoms with Crippen LogP contribution in [0.25, 0.3) is 0 Å². The van der Waals surface area contributed by atoms with E-state index < -0.39 is 11.7 Å². The van der Waals surface area contributed by atoms with E-state index in [9.17, 15) is 9.50 Å². The van der Waals surface area contributed by atoms with Gasteiger partial charge in [0.1, 0.15) is 11.6 Å². The molecule has 0 amide bonds. The van der Waals surface area contributed by atoms with Gasteiger partial charge < -0.3 is 5.11 Å². The summed E-state index contributed by atoms with van der Waals surface area (Å²) in [6.07, 6.45) is 0.519. The minimum atomic E-state index is -0.617. The fourth-order valence-corrected chi connectivity index (χ4v) is 1.37. The van der Waals surface area contributed by atoms with Crippen LogP contribution in [0.2, 0.25) is 5.02 Å². The molecule has 0 saturated carbocycles. The van der Waals surface area contributed by atoms with Gasteiger partial charge in [-0.25, -0.2) is 4.39 Å². The van der Waals surface area contributed by atoms with E-state index in [4.69, 9.17) is 16.9 Å². The molecule has 1 rings (SSSR count). The number of phenolic OH excluding ortho intramolecular Hbond substituents is 1. The maximum atomic E-state index is 13.0. The molecule has 74 valence electrons. The molecule has 0 radical (unpaired) electrons. The average molecular weight is 214 g/mol. The quantitative estimate of drug-likeness (QED) is 0.820. The molecule has 1 aromatic rings. The minimum absolute atomic E-state index is 0.134. The first-order valence-corrected chi connectivity index (χ1v) is 4.55. The molecule has 1 atom stereocenters. The van der Waals surface area contributed by atoms with Gasteiger partial charge in [-0.3, -0.25) is 0 Å². The van der Waals surface area contributed by atoms with Crippen molar-refractivity contribution in [3.8, 4) is 11.8 Å². The lowest BCUT2D eigenvalue weighted by molar-refractivity contribution is 0.462. The zero-order valence-corrected chi connectivity index (χ0v) is 8.35. The molecule has 0 aliphatic heterocycles. The van der Waals surface area contributed by atoms with E-state index >= 15 is 0 Å². The molecule has 0 fully saturated rings. The second-order valence-corrected chi connectivity index (χ2v) is 3.32. The molecule has 0 spiro atoms. The Kier molecular flexibility index (Phi) is 3.32. The minimum Gasteiger partial charge on any atom is -0.508 e. The summed E-state index contributed by atoms with van der Waals surface area (Å²) in [6.45, 7) is 1.79. The van der Waals surface area contributed by atoms with E-state index in [0.717, 1.165) is 12.1 Å². The first-order chi connectivity index (χ1) is 6.60. The number of nitrogens with zero attached hydrogens (tertiary/aromatic N) is 1. The predicted octanol–water partition coefficient (Wildman–Crippen LogP) is 3.20. The number of rotatable bonds is 2. The molecule has 14 heavy (non-hydrogen) atoms. The van der Waals surface area contributed by atoms with E-state index in [1.807, 2.05) is 6.07 Å². The van der Waals surface area contributed by atoms with Gasteiger partial charge in [0.15, 0.2) is 0 Å². The third kappa shape index (κ3) is 1.97. The highest BCUT2D eigenvalue weighted by atomic mass is 35.5. The van der Waals surface area contributed by atoms with Gasteiger partial charge in [0.25, 0.3) is 0 Å². The molecule has 0 bridgehead atoms. The van der Waals surface area contributed by atoms with Crippen molar-refractivity contribution in [3.05, 3.63) is 28.5 Å². The van der Waals surface area contributed by atoms with Crippen molar-refractivity contribution in [1.29, 1.82) is 5.26 Å². The lowest BCUT2D eigenvalue weighted by Crippen LogP contribution is -1.95. The van der Waals surface area contributed by atoms with Crippen LogP contribution in [0.1, 0.15) is 24.8 Å². The van der Waals surface area contributed by atoms with E-state index in [-0.39, 0.29) is 16.3 Å². The zero-order valence-electron chi connectivity index (χ0n) is 7.59. The molecule has 0 saturated heterocycles. The first-order valence-electron chi connectivity index (χ1n) is 4.17. The van der Waals surface area contributed by atoms with Crippen LogP contribution in [-0.2, 0) is 0 Å². The second kappa shape index (κ2) is 4.30. The monoisotopic (exact) mass is 213 g/mol. The SMILES string of the molecule is CCC(C#N)c1cc(F)c(Cl)cc1O. The van der Waals surface area contributed by atoms with Gasteiger partial charge in [-0.05, 0) is 12.5 Å². The van der Waals surface area contributed by atoms with Crippen LogP contribution in [-0.4, -0.2) is 5.11 Å². The van der Waals surface area contributed by atoms with Crippen molar-refractivity contribution in [2.75, 3.05) is 0 Å². The highest BCUT2D eigenvalue weighted by molar-refractivity contribution is 6.30. The molecular weight excluding hydrogens is 205 g/mol. The number of hydrogen-bond donors (Lipinski definition) is 1. The van der Waals surface area contributed by atoms with Crippen LogP contribution in [0, 0.1) is 17.1 Å². The van der Waals surface area contributed by atoms with Crippen LogP contribution >= 0.6 is 11.6 Å². The van der Waals surface area contributed by atoms with Gasteiger partial charge in [-0.2, -0.15) is 5.26 Å². The Bertz CT molecular complexity index is 386. The predicted molar refractivity (Wildman–Crippen MR) is 51.7 cm³/mol. The molecule has 2 nitrogen and oxygen atoms in total. The van der Waals surface area contributed by atoms with Gasteiger partial charge in [0, 0.05) is 11.6 Å². The molecule has 0 aromatic heterocycles. The Balaban J connectivity index is 3.22. The summed E-state index contributed by atoms with van der Waals surface area (Å²) in [4.78, 5) is 0. The maximum Gasteiger partial charge on any atom is 0.142 e. The fourth-order valence-electron chi connectivity index (χ4n) is 1.21. The van der Waals surface area contributed by atoms with Crippen LogP contribution in [0.3, 0.4) is 0 Å². The van der Waals surface area contributed by atoms with Crippen LogP contribution in [0.15, 0.2) is 12.1 Å². The number of aromatic hydroxyl groups is 1. The van der Waals surface area contributed by atoms with Gasteiger partial charge in [0.05, 0.1) is 17.0 Å². The largest absolute Gasteiger partial charge is 0.508 e. The summed E-state index contributed by atoms with van der Waals surface area (Å²) >= 11 is 5.46. The molecule has 1 N–H and O–H groups in total. The van der Waals surface area contributed by atoms with Crippen LogP contribution in [0.4, 0.5) is 4.39 Å². The topological polar surface area (TPSA) is 44.0 Å². The summed E-state index contributed by atoms with van der Waals surface area (Å²) in [7, 11) is 0. The van der Waals surface area contributed by atoms with E-state index in [1.54, 1.807) is 6.92 Å².